The molecule has 186 valence electrons. The maximum absolute atomic E-state index is 17.2. The van der Waals surface area contributed by atoms with Crippen LogP contribution in [-0.2, 0) is 14.3 Å². The van der Waals surface area contributed by atoms with Crippen LogP contribution in [0.4, 0.5) is 8.78 Å². The molecule has 0 radical (unpaired) electrons. The second-order valence-corrected chi connectivity index (χ2v) is 11.5. The number of ether oxygens (including phenoxy) is 1. The fraction of sp³-hybridized carbons (Fsp3) is 0.720. The summed E-state index contributed by atoms with van der Waals surface area (Å²) < 4.78 is 38.1. The average molecular weight is 496 g/mol. The van der Waals surface area contributed by atoms with Gasteiger partial charge in [-0.25, -0.2) is 8.78 Å². The molecule has 0 bridgehead atoms. The Hall–Kier alpha value is -1.60. The van der Waals surface area contributed by atoms with Crippen molar-refractivity contribution in [3.63, 3.8) is 0 Å². The summed E-state index contributed by atoms with van der Waals surface area (Å²) in [5.41, 5.74) is -8.27. The number of carbonyl (C=O) groups excluding carboxylic acids is 2. The summed E-state index contributed by atoms with van der Waals surface area (Å²) in [4.78, 5) is 25.5. The number of thiocyanates is 1. The van der Waals surface area contributed by atoms with E-state index in [9.17, 15) is 19.8 Å². The molecule has 0 saturated heterocycles. The first kappa shape index (κ1) is 25.5. The molecule has 10 atom stereocenters. The molecule has 0 aliphatic heterocycles. The Morgan fingerprint density at radius 1 is 1.38 bits per heavy atom. The number of nitriles is 1. The summed E-state index contributed by atoms with van der Waals surface area (Å²) in [6.07, 6.45) is 0.268. The van der Waals surface area contributed by atoms with Crippen molar-refractivity contribution in [3.05, 3.63) is 23.8 Å². The third kappa shape index (κ3) is 3.01. The van der Waals surface area contributed by atoms with Crippen molar-refractivity contribution < 1.29 is 33.3 Å². The van der Waals surface area contributed by atoms with Gasteiger partial charge in [-0.3, -0.25) is 9.59 Å². The van der Waals surface area contributed by atoms with Gasteiger partial charge in [0.2, 0.25) is 5.78 Å². The summed E-state index contributed by atoms with van der Waals surface area (Å²) >= 11 is 0.601. The summed E-state index contributed by atoms with van der Waals surface area (Å²) in [5, 5.41) is 34.3. The van der Waals surface area contributed by atoms with Crippen molar-refractivity contribution in [2.75, 3.05) is 6.61 Å². The number of carbonyl (C=O) groups is 2. The van der Waals surface area contributed by atoms with Crippen LogP contribution >= 0.6 is 11.8 Å². The highest BCUT2D eigenvalue weighted by Gasteiger charge is 2.77. The van der Waals surface area contributed by atoms with Crippen LogP contribution < -0.4 is 0 Å². The lowest BCUT2D eigenvalue weighted by molar-refractivity contribution is -0.224. The first-order chi connectivity index (χ1) is 15.8. The zero-order chi connectivity index (χ0) is 25.3. The van der Waals surface area contributed by atoms with Gasteiger partial charge in [0.25, 0.3) is 0 Å². The first-order valence-electron chi connectivity index (χ1n) is 11.7. The van der Waals surface area contributed by atoms with Gasteiger partial charge in [-0.05, 0) is 74.4 Å². The molecule has 0 spiro atoms. The molecule has 4 rings (SSSR count). The standard InChI is InChI=1S/C25H31F2NO5S/c1-5-33-21(34-12-28)20(31)25(32)13(2)8-15-16-10-18(26)17-9-14(29)6-7-22(17,3)24(16,27)19(30)11-23(15,25)4/h6-7,9,13,15-16,18-19,21,30,32H,5,8,10-11H2,1-4H3/t13-,15+,16+,18+,19+,21?,22+,23+,24+,25+/m1/s1. The predicted octanol–water partition coefficient (Wildman–Crippen LogP) is 3.43. The molecule has 3 saturated carbocycles. The van der Waals surface area contributed by atoms with Crippen LogP contribution in [0.25, 0.3) is 0 Å². The van der Waals surface area contributed by atoms with E-state index in [0.29, 0.717) is 11.8 Å². The number of fused-ring (bicyclic) bond motifs is 5. The molecular weight excluding hydrogens is 464 g/mol. The highest BCUT2D eigenvalue weighted by molar-refractivity contribution is 8.04. The van der Waals surface area contributed by atoms with Crippen molar-refractivity contribution in [1.29, 1.82) is 5.26 Å². The number of nitrogens with zero attached hydrogens (tertiary/aromatic N) is 1. The number of Topliss-reactive ketones (excluding diaryl/α,β-unsaturated/α-hetero) is 1. The SMILES string of the molecule is CCOC(SC#N)C(=O)[C@@]1(O)[C@H](C)C[C@H]2[C@@H]3C[C@H](F)C4=CC(=O)C=C[C@]4(C)[C@@]3(F)[C@@H](O)C[C@@]21C. The zero-order valence-corrected chi connectivity index (χ0v) is 20.6. The van der Waals surface area contributed by atoms with Crippen LogP contribution in [0, 0.1) is 39.2 Å². The van der Waals surface area contributed by atoms with Crippen molar-refractivity contribution >= 4 is 23.3 Å². The number of halogens is 2. The number of hydrogen-bond acceptors (Lipinski definition) is 7. The van der Waals surface area contributed by atoms with E-state index in [1.807, 2.05) is 5.40 Å². The summed E-state index contributed by atoms with van der Waals surface area (Å²) in [6.45, 7) is 6.68. The van der Waals surface area contributed by atoms with Crippen molar-refractivity contribution in [2.24, 2.45) is 28.6 Å². The molecule has 0 aromatic carbocycles. The number of aliphatic hydroxyl groups excluding tert-OH is 1. The van der Waals surface area contributed by atoms with Gasteiger partial charge in [0.15, 0.2) is 16.9 Å². The maximum atomic E-state index is 17.2. The quantitative estimate of drug-likeness (QED) is 0.444. The summed E-state index contributed by atoms with van der Waals surface area (Å²) in [7, 11) is 0. The first-order valence-corrected chi connectivity index (χ1v) is 12.6. The smallest absolute Gasteiger partial charge is 0.205 e. The predicted molar refractivity (Wildman–Crippen MR) is 122 cm³/mol. The number of aliphatic hydroxyl groups is 2. The number of ketones is 2. The molecule has 4 aliphatic rings. The Morgan fingerprint density at radius 2 is 2.06 bits per heavy atom. The Morgan fingerprint density at radius 3 is 2.68 bits per heavy atom. The van der Waals surface area contributed by atoms with Gasteiger partial charge < -0.3 is 14.9 Å². The lowest BCUT2D eigenvalue weighted by atomic mass is 9.44. The molecule has 4 aliphatic carbocycles. The van der Waals surface area contributed by atoms with E-state index < -0.39 is 69.1 Å². The van der Waals surface area contributed by atoms with E-state index in [2.05, 4.69) is 0 Å². The fourth-order valence-corrected chi connectivity index (χ4v) is 8.19. The summed E-state index contributed by atoms with van der Waals surface area (Å²) in [6, 6.07) is 0. The van der Waals surface area contributed by atoms with Gasteiger partial charge in [0.05, 0.1) is 6.10 Å². The Kier molecular flexibility index (Phi) is 6.17. The summed E-state index contributed by atoms with van der Waals surface area (Å²) in [5.74, 6) is -3.33. The maximum Gasteiger partial charge on any atom is 0.205 e. The molecular formula is C25H31F2NO5S. The lowest BCUT2D eigenvalue weighted by Gasteiger charge is -2.63. The Labute approximate surface area is 202 Å². The Bertz CT molecular complexity index is 1010. The molecule has 9 heteroatoms. The van der Waals surface area contributed by atoms with Gasteiger partial charge in [0, 0.05) is 23.4 Å². The highest BCUT2D eigenvalue weighted by atomic mass is 32.2. The van der Waals surface area contributed by atoms with E-state index in [-0.39, 0.29) is 31.4 Å². The lowest BCUT2D eigenvalue weighted by Crippen LogP contribution is -2.70. The van der Waals surface area contributed by atoms with E-state index in [4.69, 9.17) is 10.00 Å². The zero-order valence-electron chi connectivity index (χ0n) is 19.8. The number of thioether (sulfide) groups is 1. The van der Waals surface area contributed by atoms with Crippen LogP contribution in [0.3, 0.4) is 0 Å². The van der Waals surface area contributed by atoms with Gasteiger partial charge in [0.1, 0.15) is 17.2 Å². The van der Waals surface area contributed by atoms with Crippen LogP contribution in [0.1, 0.15) is 47.0 Å². The molecule has 34 heavy (non-hydrogen) atoms. The number of hydrogen-bond donors (Lipinski definition) is 2. The number of alkyl halides is 2. The van der Waals surface area contributed by atoms with Gasteiger partial charge in [-0.15, -0.1) is 0 Å². The molecule has 0 heterocycles. The second-order valence-electron chi connectivity index (χ2n) is 10.6. The number of allylic oxidation sites excluding steroid dienone is 4. The minimum absolute atomic E-state index is 0.0283. The minimum Gasteiger partial charge on any atom is -0.390 e. The van der Waals surface area contributed by atoms with Crippen molar-refractivity contribution in [2.45, 2.75) is 75.9 Å². The second kappa shape index (κ2) is 8.22. The molecule has 0 aromatic heterocycles. The third-order valence-corrected chi connectivity index (χ3v) is 9.95. The van der Waals surface area contributed by atoms with E-state index in [1.165, 1.54) is 19.1 Å². The van der Waals surface area contributed by atoms with Gasteiger partial charge >= 0.3 is 0 Å². The van der Waals surface area contributed by atoms with Crippen LogP contribution in [0.2, 0.25) is 0 Å². The molecule has 0 amide bonds. The van der Waals surface area contributed by atoms with Crippen molar-refractivity contribution in [1.82, 2.24) is 0 Å². The largest absolute Gasteiger partial charge is 0.390 e. The monoisotopic (exact) mass is 495 g/mol. The van der Waals surface area contributed by atoms with E-state index in [0.717, 1.165) is 6.08 Å². The molecule has 1 unspecified atom stereocenters. The minimum atomic E-state index is -2.28. The van der Waals surface area contributed by atoms with Crippen LogP contribution in [-0.4, -0.2) is 57.4 Å². The molecule has 0 aromatic rings. The van der Waals surface area contributed by atoms with Crippen LogP contribution in [0.5, 0.6) is 0 Å². The molecule has 3 fully saturated rings. The van der Waals surface area contributed by atoms with Gasteiger partial charge in [-0.1, -0.05) is 19.9 Å². The topological polar surface area (TPSA) is 108 Å². The van der Waals surface area contributed by atoms with Crippen LogP contribution in [0.15, 0.2) is 23.8 Å². The van der Waals surface area contributed by atoms with E-state index >= 15 is 8.78 Å². The fourth-order valence-electron chi connectivity index (χ4n) is 7.61. The highest BCUT2D eigenvalue weighted by Crippen LogP contribution is 2.71. The Balaban J connectivity index is 1.81. The molecule has 6 nitrogen and oxygen atoms in total. The molecule has 2 N–H and O–H groups in total. The number of rotatable bonds is 5. The van der Waals surface area contributed by atoms with E-state index in [1.54, 1.807) is 20.8 Å². The average Bonchev–Trinajstić information content (AvgIpc) is 2.98. The van der Waals surface area contributed by atoms with Gasteiger partial charge in [-0.2, -0.15) is 5.26 Å². The third-order valence-electron chi connectivity index (χ3n) is 9.28. The normalized spacial score (nSPS) is 48.3. The van der Waals surface area contributed by atoms with Crippen molar-refractivity contribution in [3.8, 4) is 5.40 Å².